The Labute approximate surface area is 219 Å². The molecule has 0 unspecified atom stereocenters. The quantitative estimate of drug-likeness (QED) is 0.136. The molecule has 0 amide bonds. The first-order valence-electron chi connectivity index (χ1n) is 14.3. The van der Waals surface area contributed by atoms with Gasteiger partial charge in [-0.25, -0.2) is 0 Å². The lowest BCUT2D eigenvalue weighted by Gasteiger charge is -2.28. The van der Waals surface area contributed by atoms with Gasteiger partial charge in [0.25, 0.3) is 0 Å². The van der Waals surface area contributed by atoms with Gasteiger partial charge in [0.1, 0.15) is 0 Å². The van der Waals surface area contributed by atoms with Crippen LogP contribution >= 0.6 is 7.26 Å². The highest BCUT2D eigenvalue weighted by molar-refractivity contribution is 7.89. The minimum Gasteiger partial charge on any atom is -1.00 e. The van der Waals surface area contributed by atoms with E-state index in [9.17, 15) is 0 Å². The van der Waals surface area contributed by atoms with Crippen LogP contribution in [0, 0.1) is 0 Å². The number of benzene rings is 2. The van der Waals surface area contributed by atoms with Gasteiger partial charge in [0, 0.05) is 0 Å². The van der Waals surface area contributed by atoms with E-state index in [0.29, 0.717) is 0 Å². The second-order valence-electron chi connectivity index (χ2n) is 10.0. The Bertz CT molecular complexity index is 623. The summed E-state index contributed by atoms with van der Waals surface area (Å²) >= 11 is 0. The summed E-state index contributed by atoms with van der Waals surface area (Å²) in [4.78, 5) is 0. The van der Waals surface area contributed by atoms with Crippen molar-refractivity contribution in [2.75, 3.05) is 12.3 Å². The first-order chi connectivity index (χ1) is 16.3. The van der Waals surface area contributed by atoms with E-state index in [0.717, 1.165) is 0 Å². The molecule has 0 fully saturated rings. The van der Waals surface area contributed by atoms with E-state index in [1.807, 2.05) is 0 Å². The predicted molar refractivity (Wildman–Crippen MR) is 154 cm³/mol. The summed E-state index contributed by atoms with van der Waals surface area (Å²) in [7, 11) is -1.33. The van der Waals surface area contributed by atoms with Crippen molar-refractivity contribution < 1.29 is 12.4 Å². The normalized spacial score (nSPS) is 11.4. The van der Waals surface area contributed by atoms with E-state index in [1.165, 1.54) is 115 Å². The Morgan fingerprint density at radius 3 is 1.03 bits per heavy atom. The first-order valence-corrected chi connectivity index (χ1v) is 16.5. The van der Waals surface area contributed by atoms with Gasteiger partial charge >= 0.3 is 0 Å². The highest BCUT2D eigenvalue weighted by Gasteiger charge is 2.41. The van der Waals surface area contributed by atoms with Gasteiger partial charge in [-0.2, -0.15) is 0 Å². The van der Waals surface area contributed by atoms with Crippen LogP contribution in [-0.4, -0.2) is 12.3 Å². The van der Waals surface area contributed by atoms with E-state index < -0.39 is 7.26 Å². The molecule has 0 N–H and O–H groups in total. The van der Waals surface area contributed by atoms with Gasteiger partial charge in [-0.05, 0) is 49.9 Å². The molecule has 0 saturated heterocycles. The zero-order valence-corrected chi connectivity index (χ0v) is 24.0. The van der Waals surface area contributed by atoms with Crippen LogP contribution in [0.5, 0.6) is 0 Å². The molecule has 0 aromatic heterocycles. The lowest BCUT2D eigenvalue weighted by Crippen LogP contribution is -3.00. The summed E-state index contributed by atoms with van der Waals surface area (Å²) in [6, 6.07) is 23.2. The number of unbranched alkanes of at least 4 members (excludes halogenated alkanes) is 14. The topological polar surface area (TPSA) is 0 Å². The summed E-state index contributed by atoms with van der Waals surface area (Å²) in [5.41, 5.74) is 0. The smallest absolute Gasteiger partial charge is 0.0991 e. The summed E-state index contributed by atoms with van der Waals surface area (Å²) < 4.78 is 0. The number of hydrogen-bond donors (Lipinski definition) is 0. The molecule has 2 aromatic carbocycles. The van der Waals surface area contributed by atoms with Crippen LogP contribution in [0.15, 0.2) is 60.7 Å². The fourth-order valence-corrected chi connectivity index (χ4v) is 9.80. The van der Waals surface area contributed by atoms with Crippen molar-refractivity contribution in [1.29, 1.82) is 0 Å². The van der Waals surface area contributed by atoms with Crippen molar-refractivity contribution in [3.05, 3.63) is 60.7 Å². The monoisotopic (exact) mass is 502 g/mol. The lowest BCUT2D eigenvalue weighted by molar-refractivity contribution is -0.00000701. The molecule has 0 saturated carbocycles. The van der Waals surface area contributed by atoms with Crippen molar-refractivity contribution in [3.8, 4) is 0 Å². The van der Waals surface area contributed by atoms with Crippen LogP contribution < -0.4 is 23.0 Å². The zero-order valence-electron chi connectivity index (χ0n) is 22.3. The van der Waals surface area contributed by atoms with Crippen LogP contribution in [-0.2, 0) is 0 Å². The van der Waals surface area contributed by atoms with Gasteiger partial charge in [0.2, 0.25) is 0 Å². The molecule has 2 heteroatoms. The molecule has 0 aliphatic carbocycles. The molecule has 2 aromatic rings. The highest BCUT2D eigenvalue weighted by Crippen LogP contribution is 2.57. The van der Waals surface area contributed by atoms with Crippen LogP contribution in [0.25, 0.3) is 0 Å². The van der Waals surface area contributed by atoms with Crippen molar-refractivity contribution in [2.24, 2.45) is 0 Å². The molecule has 0 aliphatic rings. The average Bonchev–Trinajstić information content (AvgIpc) is 2.87. The lowest BCUT2D eigenvalue weighted by atomic mass is 10.1. The fraction of sp³-hybridized carbons (Fsp3) is 0.625. The maximum atomic E-state index is 2.44. The largest absolute Gasteiger partial charge is 1.00 e. The van der Waals surface area contributed by atoms with Crippen molar-refractivity contribution in [2.45, 2.75) is 117 Å². The van der Waals surface area contributed by atoms with Crippen LogP contribution in [0.4, 0.5) is 0 Å². The number of halogens is 1. The van der Waals surface area contributed by atoms with Gasteiger partial charge in [0.05, 0.1) is 30.2 Å². The molecule has 0 atom stereocenters. The molecule has 0 heterocycles. The highest BCUT2D eigenvalue weighted by atomic mass is 35.5. The van der Waals surface area contributed by atoms with E-state index in [1.54, 1.807) is 10.6 Å². The molecule has 192 valence electrons. The third kappa shape index (κ3) is 11.7. The Morgan fingerprint density at radius 1 is 0.412 bits per heavy atom. The molecular weight excluding hydrogens is 451 g/mol. The Morgan fingerprint density at radius 2 is 0.706 bits per heavy atom. The van der Waals surface area contributed by atoms with Crippen molar-refractivity contribution in [3.63, 3.8) is 0 Å². The standard InChI is InChI=1S/C32H52P.ClH/c1-3-5-7-9-11-13-15-23-29-33(31-25-19-17-20-26-31,32-27-21-18-22-28-32)30-24-16-14-12-10-8-6-4-2;/h17-22,25-28H,3-16,23-24,29-30H2,1-2H3;1H/q+1;/p-1. The van der Waals surface area contributed by atoms with Crippen LogP contribution in [0.1, 0.15) is 117 Å². The van der Waals surface area contributed by atoms with Crippen molar-refractivity contribution in [1.82, 2.24) is 0 Å². The maximum Gasteiger partial charge on any atom is 0.0991 e. The fourth-order valence-electron chi connectivity index (χ4n) is 5.24. The zero-order chi connectivity index (χ0) is 23.5. The molecule has 2 rings (SSSR count). The second kappa shape index (κ2) is 20.4. The van der Waals surface area contributed by atoms with Crippen LogP contribution in [0.2, 0.25) is 0 Å². The Hall–Kier alpha value is -0.840. The van der Waals surface area contributed by atoms with Gasteiger partial charge in [-0.15, -0.1) is 0 Å². The maximum absolute atomic E-state index is 2.44. The van der Waals surface area contributed by atoms with E-state index in [-0.39, 0.29) is 12.4 Å². The minimum absolute atomic E-state index is 0. The minimum atomic E-state index is -1.33. The predicted octanol–water partition coefficient (Wildman–Crippen LogP) is 6.94. The second-order valence-corrected chi connectivity index (χ2v) is 13.9. The number of hydrogen-bond acceptors (Lipinski definition) is 0. The molecule has 0 bridgehead atoms. The number of rotatable bonds is 20. The third-order valence-electron chi connectivity index (χ3n) is 7.29. The summed E-state index contributed by atoms with van der Waals surface area (Å²) in [6.07, 6.45) is 25.3. The van der Waals surface area contributed by atoms with E-state index >= 15 is 0 Å². The molecule has 34 heavy (non-hydrogen) atoms. The molecule has 0 nitrogen and oxygen atoms in total. The van der Waals surface area contributed by atoms with Gasteiger partial charge in [-0.3, -0.25) is 0 Å². The van der Waals surface area contributed by atoms with Gasteiger partial charge < -0.3 is 12.4 Å². The van der Waals surface area contributed by atoms with Crippen LogP contribution in [0.3, 0.4) is 0 Å². The Balaban J connectivity index is 0.00000578. The van der Waals surface area contributed by atoms with Gasteiger partial charge in [0.15, 0.2) is 0 Å². The molecule has 0 spiro atoms. The van der Waals surface area contributed by atoms with Crippen molar-refractivity contribution >= 4 is 17.9 Å². The molecule has 0 aliphatic heterocycles. The molecule has 0 radical (unpaired) electrons. The summed E-state index contributed by atoms with van der Waals surface area (Å²) in [5.74, 6) is 0. The first kappa shape index (κ1) is 31.2. The van der Waals surface area contributed by atoms with E-state index in [2.05, 4.69) is 74.5 Å². The average molecular weight is 503 g/mol. The SMILES string of the molecule is CCCCCCCCCC[P+](CCCCCCCCCC)(c1ccccc1)c1ccccc1.[Cl-]. The van der Waals surface area contributed by atoms with Gasteiger partial charge in [-0.1, -0.05) is 127 Å². The Kier molecular flexibility index (Phi) is 18.7. The summed E-state index contributed by atoms with van der Waals surface area (Å²) in [5, 5.41) is 3.28. The third-order valence-corrected chi connectivity index (χ3v) is 12.0. The molecular formula is C32H52ClP. The summed E-state index contributed by atoms with van der Waals surface area (Å²) in [6.45, 7) is 4.62. The van der Waals surface area contributed by atoms with E-state index in [4.69, 9.17) is 0 Å².